The van der Waals surface area contributed by atoms with Crippen LogP contribution in [-0.2, 0) is 10.0 Å². The Balaban J connectivity index is 1.79. The van der Waals surface area contributed by atoms with Crippen molar-refractivity contribution in [3.05, 3.63) is 63.1 Å². The van der Waals surface area contributed by atoms with E-state index in [0.29, 0.717) is 10.2 Å². The molecule has 0 bridgehead atoms. The number of aryl methyl sites for hydroxylation is 1. The lowest BCUT2D eigenvalue weighted by Gasteiger charge is -2.01. The number of anilines is 1. The molecule has 124 valence electrons. The molecule has 0 aliphatic heterocycles. The van der Waals surface area contributed by atoms with Gasteiger partial charge in [0.25, 0.3) is 15.9 Å². The van der Waals surface area contributed by atoms with Gasteiger partial charge in [-0.1, -0.05) is 47.6 Å². The number of nitrogens with one attached hydrogen (secondary N) is 1. The molecule has 1 aromatic carbocycles. The number of halogens is 1. The molecule has 0 saturated heterocycles. The molecule has 0 aliphatic carbocycles. The van der Waals surface area contributed by atoms with Gasteiger partial charge < -0.3 is 4.52 Å². The lowest BCUT2D eigenvalue weighted by molar-refractivity contribution is 0.430. The monoisotopic (exact) mass is 424 g/mol. The SMILES string of the molecule is Cc1noc(NS(=O)(=O)c2cc(C=Cc3ccccc3)cs2)c1Br. The minimum Gasteiger partial charge on any atom is -0.336 e. The molecule has 0 radical (unpaired) electrons. The van der Waals surface area contributed by atoms with Gasteiger partial charge >= 0.3 is 0 Å². The van der Waals surface area contributed by atoms with Crippen molar-refractivity contribution in [3.63, 3.8) is 0 Å². The summed E-state index contributed by atoms with van der Waals surface area (Å²) in [6.45, 7) is 1.71. The quantitative estimate of drug-likeness (QED) is 0.639. The van der Waals surface area contributed by atoms with Crippen LogP contribution in [0.3, 0.4) is 0 Å². The van der Waals surface area contributed by atoms with Crippen LogP contribution in [0.5, 0.6) is 0 Å². The van der Waals surface area contributed by atoms with Crippen LogP contribution in [0.15, 0.2) is 55.0 Å². The van der Waals surface area contributed by atoms with Crippen LogP contribution in [-0.4, -0.2) is 13.6 Å². The van der Waals surface area contributed by atoms with Gasteiger partial charge in [0.15, 0.2) is 0 Å². The zero-order valence-corrected chi connectivity index (χ0v) is 15.8. The van der Waals surface area contributed by atoms with Crippen molar-refractivity contribution in [3.8, 4) is 0 Å². The first-order valence-corrected chi connectivity index (χ1v) is 10.1. The Morgan fingerprint density at radius 2 is 1.92 bits per heavy atom. The predicted octanol–water partition coefficient (Wildman–Crippen LogP) is 4.78. The van der Waals surface area contributed by atoms with Crippen LogP contribution < -0.4 is 4.72 Å². The average molecular weight is 425 g/mol. The first-order chi connectivity index (χ1) is 11.5. The van der Waals surface area contributed by atoms with Crippen LogP contribution >= 0.6 is 27.3 Å². The molecule has 3 aromatic rings. The summed E-state index contributed by atoms with van der Waals surface area (Å²) in [5, 5.41) is 5.49. The molecule has 1 N–H and O–H groups in total. The van der Waals surface area contributed by atoms with Gasteiger partial charge in [-0.2, -0.15) is 0 Å². The number of rotatable bonds is 5. The number of aromatic nitrogens is 1. The summed E-state index contributed by atoms with van der Waals surface area (Å²) in [4.78, 5) is 0. The highest BCUT2D eigenvalue weighted by atomic mass is 79.9. The van der Waals surface area contributed by atoms with E-state index in [1.807, 2.05) is 42.5 Å². The van der Waals surface area contributed by atoms with Gasteiger partial charge in [-0.05, 0) is 45.4 Å². The van der Waals surface area contributed by atoms with Crippen molar-refractivity contribution in [2.75, 3.05) is 4.72 Å². The molecule has 24 heavy (non-hydrogen) atoms. The molecule has 2 heterocycles. The molecular formula is C16H13BrN2O3S2. The molecule has 2 aromatic heterocycles. The minimum absolute atomic E-state index is 0.0716. The number of thiophene rings is 1. The Labute approximate surface area is 152 Å². The second kappa shape index (κ2) is 6.92. The molecule has 0 spiro atoms. The summed E-state index contributed by atoms with van der Waals surface area (Å²) < 4.78 is 32.9. The van der Waals surface area contributed by atoms with Gasteiger partial charge in [-0.3, -0.25) is 0 Å². The maximum absolute atomic E-state index is 12.4. The largest absolute Gasteiger partial charge is 0.336 e. The Bertz CT molecular complexity index is 976. The van der Waals surface area contributed by atoms with E-state index < -0.39 is 10.0 Å². The van der Waals surface area contributed by atoms with E-state index >= 15 is 0 Å². The third kappa shape index (κ3) is 3.77. The number of benzene rings is 1. The normalized spacial score (nSPS) is 11.9. The van der Waals surface area contributed by atoms with E-state index in [-0.39, 0.29) is 10.1 Å². The van der Waals surface area contributed by atoms with Gasteiger partial charge in [-0.15, -0.1) is 11.3 Å². The van der Waals surface area contributed by atoms with E-state index in [2.05, 4.69) is 25.8 Å². The number of sulfonamides is 1. The molecule has 0 fully saturated rings. The van der Waals surface area contributed by atoms with Crippen molar-refractivity contribution in [1.29, 1.82) is 0 Å². The van der Waals surface area contributed by atoms with Crippen LogP contribution in [0.25, 0.3) is 12.2 Å². The first-order valence-electron chi connectivity index (χ1n) is 6.92. The first kappa shape index (κ1) is 16.9. The fourth-order valence-electron chi connectivity index (χ4n) is 1.91. The summed E-state index contributed by atoms with van der Waals surface area (Å²) >= 11 is 4.38. The molecule has 0 saturated carbocycles. The summed E-state index contributed by atoms with van der Waals surface area (Å²) in [5.41, 5.74) is 2.44. The van der Waals surface area contributed by atoms with Gasteiger partial charge in [0.1, 0.15) is 8.68 Å². The lowest BCUT2D eigenvalue weighted by Crippen LogP contribution is -2.11. The maximum atomic E-state index is 12.4. The standard InChI is InChI=1S/C16H13BrN2O3S2/c1-11-15(17)16(22-18-11)19-24(20,21)14-9-13(10-23-14)8-7-12-5-3-2-4-6-12/h2-10,19H,1H3. The zero-order valence-electron chi connectivity index (χ0n) is 12.6. The Morgan fingerprint density at radius 3 is 2.58 bits per heavy atom. The fraction of sp³-hybridized carbons (Fsp3) is 0.0625. The van der Waals surface area contributed by atoms with E-state index in [9.17, 15) is 8.42 Å². The Kier molecular flexibility index (Phi) is 4.88. The van der Waals surface area contributed by atoms with E-state index in [1.165, 1.54) is 0 Å². The van der Waals surface area contributed by atoms with Crippen LogP contribution in [0.4, 0.5) is 5.88 Å². The van der Waals surface area contributed by atoms with E-state index in [4.69, 9.17) is 4.52 Å². The number of hydrogen-bond donors (Lipinski definition) is 1. The maximum Gasteiger partial charge on any atom is 0.273 e. The second-order valence-electron chi connectivity index (χ2n) is 4.96. The van der Waals surface area contributed by atoms with E-state index in [1.54, 1.807) is 18.4 Å². The fourth-order valence-corrected chi connectivity index (χ4v) is 4.44. The minimum atomic E-state index is -3.71. The Morgan fingerprint density at radius 1 is 1.21 bits per heavy atom. The highest BCUT2D eigenvalue weighted by molar-refractivity contribution is 9.10. The molecule has 0 amide bonds. The van der Waals surface area contributed by atoms with E-state index in [0.717, 1.165) is 22.5 Å². The smallest absolute Gasteiger partial charge is 0.273 e. The molecule has 0 atom stereocenters. The zero-order chi connectivity index (χ0) is 17.2. The molecule has 3 rings (SSSR count). The summed E-state index contributed by atoms with van der Waals surface area (Å²) in [6, 6.07) is 11.4. The number of nitrogens with zero attached hydrogens (tertiary/aromatic N) is 1. The van der Waals surface area contributed by atoms with Crippen LogP contribution in [0, 0.1) is 6.92 Å². The molecule has 8 heteroatoms. The van der Waals surface area contributed by atoms with Gasteiger partial charge in [0.2, 0.25) is 0 Å². The molecule has 0 aliphatic rings. The average Bonchev–Trinajstić information content (AvgIpc) is 3.17. The van der Waals surface area contributed by atoms with Crippen molar-refractivity contribution >= 4 is 55.3 Å². The highest BCUT2D eigenvalue weighted by Crippen LogP contribution is 2.29. The van der Waals surface area contributed by atoms with Crippen molar-refractivity contribution in [2.45, 2.75) is 11.1 Å². The molecular weight excluding hydrogens is 412 g/mol. The van der Waals surface area contributed by atoms with Gasteiger partial charge in [0, 0.05) is 0 Å². The van der Waals surface area contributed by atoms with Crippen molar-refractivity contribution < 1.29 is 12.9 Å². The summed E-state index contributed by atoms with van der Waals surface area (Å²) in [6.07, 6.45) is 3.81. The third-order valence-electron chi connectivity index (χ3n) is 3.15. The molecule has 0 unspecified atom stereocenters. The predicted molar refractivity (Wildman–Crippen MR) is 99.4 cm³/mol. The van der Waals surface area contributed by atoms with Crippen LogP contribution in [0.1, 0.15) is 16.8 Å². The van der Waals surface area contributed by atoms with Crippen molar-refractivity contribution in [2.24, 2.45) is 0 Å². The Hall–Kier alpha value is -1.90. The third-order valence-corrected chi connectivity index (χ3v) is 6.87. The summed E-state index contributed by atoms with van der Waals surface area (Å²) in [7, 11) is -3.71. The van der Waals surface area contributed by atoms with Gasteiger partial charge in [-0.25, -0.2) is 13.1 Å². The lowest BCUT2D eigenvalue weighted by atomic mass is 10.2. The van der Waals surface area contributed by atoms with Crippen molar-refractivity contribution in [1.82, 2.24) is 5.16 Å². The number of hydrogen-bond acceptors (Lipinski definition) is 5. The highest BCUT2D eigenvalue weighted by Gasteiger charge is 2.21. The van der Waals surface area contributed by atoms with Crippen LogP contribution in [0.2, 0.25) is 0 Å². The topological polar surface area (TPSA) is 72.2 Å². The second-order valence-corrected chi connectivity index (χ2v) is 8.57. The van der Waals surface area contributed by atoms with Gasteiger partial charge in [0.05, 0.1) is 5.69 Å². The molecule has 5 nitrogen and oxygen atoms in total. The summed E-state index contributed by atoms with van der Waals surface area (Å²) in [5.74, 6) is 0.0716.